The maximum Gasteiger partial charge on any atom is 0.160 e. The Morgan fingerprint density at radius 2 is 0.621 bits per heavy atom. The quantitative estimate of drug-likeness (QED) is 0.160. The third-order valence-electron chi connectivity index (χ3n) is 13.2. The molecule has 4 nitrogen and oxygen atoms in total. The summed E-state index contributed by atoms with van der Waals surface area (Å²) in [6, 6.07) is 87.0. The van der Waals surface area contributed by atoms with Crippen molar-refractivity contribution in [3.8, 4) is 67.4 Å². The summed E-state index contributed by atoms with van der Waals surface area (Å²) in [4.78, 5) is 10.1. The minimum absolute atomic E-state index is 0.714. The zero-order valence-corrected chi connectivity index (χ0v) is 35.9. The molecule has 0 bridgehead atoms. The molecule has 0 aliphatic carbocycles. The Hall–Kier alpha value is -8.86. The molecule has 0 fully saturated rings. The number of para-hydroxylation sites is 3. The Morgan fingerprint density at radius 1 is 0.242 bits per heavy atom. The van der Waals surface area contributed by atoms with Gasteiger partial charge in [-0.3, -0.25) is 0 Å². The fourth-order valence-corrected chi connectivity index (χ4v) is 9.93. The van der Waals surface area contributed by atoms with Gasteiger partial charge in [-0.1, -0.05) is 164 Å². The minimum atomic E-state index is 0.714. The summed E-state index contributed by atoms with van der Waals surface area (Å²) in [6.07, 6.45) is 0. The molecule has 0 unspecified atom stereocenters. The monoisotopic (exact) mass is 840 g/mol. The largest absolute Gasteiger partial charge is 0.309 e. The standard InChI is InChI=1S/C62H40N4/c1-3-13-41(14-4-1)42-27-33-49(34-28-42)65-57-21-11-8-17-51(57)54-39-47(31-37-59(54)65)43-23-25-44(26-24-43)48-32-38-60-55(40-48)52-18-9-12-22-58(52)66(60)50-35-29-46(30-36-50)62-63-56-20-10-7-19-53(56)61(64-62)45-15-5-2-6-16-45/h1-40H. The molecule has 0 spiro atoms. The van der Waals surface area contributed by atoms with Gasteiger partial charge in [-0.25, -0.2) is 9.97 Å². The van der Waals surface area contributed by atoms with Crippen LogP contribution >= 0.6 is 0 Å². The van der Waals surface area contributed by atoms with Gasteiger partial charge in [0.05, 0.1) is 33.3 Å². The molecule has 0 atom stereocenters. The lowest BCUT2D eigenvalue weighted by Gasteiger charge is -2.11. The highest BCUT2D eigenvalue weighted by Crippen LogP contribution is 2.39. The maximum atomic E-state index is 5.12. The second-order valence-electron chi connectivity index (χ2n) is 17.0. The number of fused-ring (bicyclic) bond motifs is 7. The van der Waals surface area contributed by atoms with E-state index in [0.29, 0.717) is 5.82 Å². The molecular weight excluding hydrogens is 801 g/mol. The Kier molecular flexibility index (Phi) is 8.81. The van der Waals surface area contributed by atoms with E-state index in [2.05, 4.69) is 234 Å². The summed E-state index contributed by atoms with van der Waals surface area (Å²) in [5, 5.41) is 5.98. The molecule has 66 heavy (non-hydrogen) atoms. The van der Waals surface area contributed by atoms with E-state index in [4.69, 9.17) is 9.97 Å². The smallest absolute Gasteiger partial charge is 0.160 e. The molecule has 13 rings (SSSR count). The molecule has 0 aliphatic heterocycles. The van der Waals surface area contributed by atoms with Crippen LogP contribution in [0.3, 0.4) is 0 Å². The van der Waals surface area contributed by atoms with E-state index >= 15 is 0 Å². The van der Waals surface area contributed by atoms with Crippen LogP contribution in [0.4, 0.5) is 0 Å². The van der Waals surface area contributed by atoms with Crippen LogP contribution in [0.15, 0.2) is 243 Å². The summed E-state index contributed by atoms with van der Waals surface area (Å²) >= 11 is 0. The molecule has 3 heterocycles. The Morgan fingerprint density at radius 3 is 1.17 bits per heavy atom. The number of hydrogen-bond donors (Lipinski definition) is 0. The van der Waals surface area contributed by atoms with Crippen molar-refractivity contribution in [3.05, 3.63) is 243 Å². The van der Waals surface area contributed by atoms with Gasteiger partial charge >= 0.3 is 0 Å². The van der Waals surface area contributed by atoms with E-state index in [1.54, 1.807) is 0 Å². The molecule has 3 aromatic heterocycles. The van der Waals surface area contributed by atoms with Crippen LogP contribution in [0, 0.1) is 0 Å². The maximum absolute atomic E-state index is 5.12. The van der Waals surface area contributed by atoms with Crippen molar-refractivity contribution >= 4 is 54.5 Å². The lowest BCUT2D eigenvalue weighted by molar-refractivity contribution is 1.17. The topological polar surface area (TPSA) is 35.6 Å². The number of benzene rings is 10. The van der Waals surface area contributed by atoms with Crippen molar-refractivity contribution < 1.29 is 0 Å². The molecule has 308 valence electrons. The first-order valence-electron chi connectivity index (χ1n) is 22.5. The first-order chi connectivity index (χ1) is 32.7. The van der Waals surface area contributed by atoms with Crippen molar-refractivity contribution in [2.75, 3.05) is 0 Å². The average molecular weight is 841 g/mol. The van der Waals surface area contributed by atoms with Gasteiger partial charge in [0, 0.05) is 49.4 Å². The second kappa shape index (κ2) is 15.4. The lowest BCUT2D eigenvalue weighted by atomic mass is 9.98. The van der Waals surface area contributed by atoms with Gasteiger partial charge in [0.1, 0.15) is 0 Å². The Balaban J connectivity index is 0.823. The fraction of sp³-hybridized carbons (Fsp3) is 0. The zero-order valence-electron chi connectivity index (χ0n) is 35.9. The summed E-state index contributed by atoms with van der Waals surface area (Å²) in [5.74, 6) is 0.714. The molecule has 0 amide bonds. The third kappa shape index (κ3) is 6.30. The Labute approximate surface area is 382 Å². The molecule has 0 N–H and O–H groups in total. The first kappa shape index (κ1) is 37.7. The van der Waals surface area contributed by atoms with Crippen molar-refractivity contribution in [2.45, 2.75) is 0 Å². The highest BCUT2D eigenvalue weighted by atomic mass is 15.0. The van der Waals surface area contributed by atoms with E-state index < -0.39 is 0 Å². The van der Waals surface area contributed by atoms with E-state index in [1.807, 2.05) is 18.2 Å². The second-order valence-corrected chi connectivity index (χ2v) is 17.0. The zero-order chi connectivity index (χ0) is 43.6. The normalized spacial score (nSPS) is 11.6. The van der Waals surface area contributed by atoms with E-state index in [9.17, 15) is 0 Å². The van der Waals surface area contributed by atoms with Gasteiger partial charge in [0.15, 0.2) is 5.82 Å². The van der Waals surface area contributed by atoms with Gasteiger partial charge in [-0.05, 0) is 112 Å². The van der Waals surface area contributed by atoms with Gasteiger partial charge in [-0.2, -0.15) is 0 Å². The third-order valence-corrected chi connectivity index (χ3v) is 13.2. The van der Waals surface area contributed by atoms with Gasteiger partial charge in [0.25, 0.3) is 0 Å². The highest BCUT2D eigenvalue weighted by Gasteiger charge is 2.17. The van der Waals surface area contributed by atoms with Crippen LogP contribution < -0.4 is 0 Å². The summed E-state index contributed by atoms with van der Waals surface area (Å²) < 4.78 is 4.75. The van der Waals surface area contributed by atoms with Crippen LogP contribution in [-0.4, -0.2) is 19.1 Å². The van der Waals surface area contributed by atoms with Crippen LogP contribution in [0.25, 0.3) is 122 Å². The fourth-order valence-electron chi connectivity index (χ4n) is 9.93. The van der Waals surface area contributed by atoms with E-state index in [-0.39, 0.29) is 0 Å². The van der Waals surface area contributed by atoms with Gasteiger partial charge in [-0.15, -0.1) is 0 Å². The minimum Gasteiger partial charge on any atom is -0.309 e. The van der Waals surface area contributed by atoms with Crippen LogP contribution in [-0.2, 0) is 0 Å². The van der Waals surface area contributed by atoms with Crippen LogP contribution in [0.2, 0.25) is 0 Å². The van der Waals surface area contributed by atoms with Crippen molar-refractivity contribution in [3.63, 3.8) is 0 Å². The van der Waals surface area contributed by atoms with E-state index in [1.165, 1.54) is 71.5 Å². The van der Waals surface area contributed by atoms with Crippen molar-refractivity contribution in [2.24, 2.45) is 0 Å². The molecule has 0 saturated heterocycles. The summed E-state index contributed by atoms with van der Waals surface area (Å²) in [6.45, 7) is 0. The average Bonchev–Trinajstić information content (AvgIpc) is 3.91. The van der Waals surface area contributed by atoms with E-state index in [0.717, 1.165) is 44.6 Å². The predicted octanol–water partition coefficient (Wildman–Crippen LogP) is 16.2. The number of nitrogens with zero attached hydrogens (tertiary/aromatic N) is 4. The number of rotatable bonds is 7. The SMILES string of the molecule is c1ccc(-c2ccc(-n3c4ccccc4c4cc(-c5ccc(-c6ccc7c(c6)c6ccccc6n7-c6ccc(-c7nc(-c8ccccc8)c8ccccc8n7)cc6)cc5)ccc43)cc2)cc1. The van der Waals surface area contributed by atoms with Gasteiger partial charge < -0.3 is 9.13 Å². The van der Waals surface area contributed by atoms with Crippen molar-refractivity contribution in [1.29, 1.82) is 0 Å². The predicted molar refractivity (Wildman–Crippen MR) is 275 cm³/mol. The van der Waals surface area contributed by atoms with Crippen molar-refractivity contribution in [1.82, 2.24) is 19.1 Å². The number of hydrogen-bond acceptors (Lipinski definition) is 2. The molecule has 10 aromatic carbocycles. The highest BCUT2D eigenvalue weighted by molar-refractivity contribution is 6.12. The summed E-state index contributed by atoms with van der Waals surface area (Å²) in [5.41, 5.74) is 18.1. The number of aromatic nitrogens is 4. The first-order valence-corrected chi connectivity index (χ1v) is 22.5. The molecule has 4 heteroatoms. The van der Waals surface area contributed by atoms with Gasteiger partial charge in [0.2, 0.25) is 0 Å². The molecule has 13 aromatic rings. The molecular formula is C62H40N4. The van der Waals surface area contributed by atoms with Crippen LogP contribution in [0.5, 0.6) is 0 Å². The molecule has 0 saturated carbocycles. The molecule has 0 aliphatic rings. The lowest BCUT2D eigenvalue weighted by Crippen LogP contribution is -1.97. The summed E-state index contributed by atoms with van der Waals surface area (Å²) in [7, 11) is 0. The Bertz CT molecular complexity index is 3940. The van der Waals surface area contributed by atoms with Crippen LogP contribution in [0.1, 0.15) is 0 Å². The molecule has 0 radical (unpaired) electrons.